The van der Waals surface area contributed by atoms with Crippen molar-refractivity contribution in [1.82, 2.24) is 10.5 Å². The molecule has 154 valence electrons. The lowest BCUT2D eigenvalue weighted by Crippen LogP contribution is -2.38. The van der Waals surface area contributed by atoms with Crippen LogP contribution in [0.1, 0.15) is 44.4 Å². The maximum absolute atomic E-state index is 13.0. The first-order valence-electron chi connectivity index (χ1n) is 8.78. The molecule has 0 fully saturated rings. The highest BCUT2D eigenvalue weighted by molar-refractivity contribution is 5.86. The molecule has 1 atom stereocenters. The van der Waals surface area contributed by atoms with E-state index in [2.05, 4.69) is 15.0 Å². The summed E-state index contributed by atoms with van der Waals surface area (Å²) >= 11 is 0. The van der Waals surface area contributed by atoms with Crippen molar-refractivity contribution in [2.45, 2.75) is 51.7 Å². The van der Waals surface area contributed by atoms with E-state index in [1.54, 1.807) is 0 Å². The van der Waals surface area contributed by atoms with E-state index in [0.29, 0.717) is 30.6 Å². The number of hydrogen-bond donors (Lipinski definition) is 2. The molecule has 1 amide bonds. The van der Waals surface area contributed by atoms with Gasteiger partial charge in [-0.05, 0) is 31.9 Å². The Labute approximate surface area is 158 Å². The Morgan fingerprint density at radius 1 is 1.36 bits per heavy atom. The number of carbonyl (C=O) groups is 2. The highest BCUT2D eigenvalue weighted by Gasteiger charge is 2.38. The highest BCUT2D eigenvalue weighted by Crippen LogP contribution is 2.38. The zero-order valence-electron chi connectivity index (χ0n) is 15.4. The van der Waals surface area contributed by atoms with Crippen LogP contribution in [0.2, 0.25) is 0 Å². The molecule has 1 heterocycles. The molecule has 0 radical (unpaired) electrons. The van der Waals surface area contributed by atoms with Crippen LogP contribution in [0, 0.1) is 0 Å². The van der Waals surface area contributed by atoms with Gasteiger partial charge in [0.2, 0.25) is 11.7 Å². The van der Waals surface area contributed by atoms with E-state index in [1.165, 1.54) is 19.1 Å². The van der Waals surface area contributed by atoms with Gasteiger partial charge in [0.1, 0.15) is 17.3 Å². The monoisotopic (exact) mass is 402 g/mol. The van der Waals surface area contributed by atoms with Gasteiger partial charge in [0.25, 0.3) is 0 Å². The molecule has 2 N–H and O–H groups in total. The maximum Gasteiger partial charge on any atom is 0.453 e. The molecule has 10 heteroatoms. The lowest BCUT2D eigenvalue weighted by Gasteiger charge is -2.12. The first kappa shape index (κ1) is 21.5. The quantitative estimate of drug-likeness (QED) is 0.622. The highest BCUT2D eigenvalue weighted by atomic mass is 19.4. The number of nitrogens with one attached hydrogen (secondary N) is 1. The fraction of sp³-hybridized carbons (Fsp3) is 0.500. The molecule has 0 aliphatic heterocycles. The van der Waals surface area contributed by atoms with Gasteiger partial charge in [0.15, 0.2) is 0 Å². The second-order valence-electron chi connectivity index (χ2n) is 6.28. The summed E-state index contributed by atoms with van der Waals surface area (Å²) in [5, 5.41) is 14.5. The van der Waals surface area contributed by atoms with Gasteiger partial charge < -0.3 is 19.7 Å². The Hall–Kier alpha value is -2.78. The number of rotatable bonds is 9. The summed E-state index contributed by atoms with van der Waals surface area (Å²) in [4.78, 5) is 22.3. The molecule has 2 aromatic rings. The van der Waals surface area contributed by atoms with Gasteiger partial charge in [0.05, 0.1) is 12.0 Å². The fourth-order valence-corrected chi connectivity index (χ4v) is 2.67. The summed E-state index contributed by atoms with van der Waals surface area (Å²) in [6, 6.07) is 1.71. The number of fused-ring (bicyclic) bond motifs is 1. The molecule has 0 saturated carbocycles. The minimum absolute atomic E-state index is 0.0607. The average Bonchev–Trinajstić information content (AvgIpc) is 3.04. The SMILES string of the molecule is CCCc1c(OCCCC(=O)N[C@@H](C)C(=O)O)ccc2c(C(F)(F)F)onc12. The van der Waals surface area contributed by atoms with Crippen LogP contribution in [0.15, 0.2) is 16.7 Å². The first-order valence-corrected chi connectivity index (χ1v) is 8.78. The zero-order valence-corrected chi connectivity index (χ0v) is 15.4. The molecular weight excluding hydrogens is 381 g/mol. The second kappa shape index (κ2) is 8.94. The van der Waals surface area contributed by atoms with Crippen molar-refractivity contribution in [2.75, 3.05) is 6.61 Å². The van der Waals surface area contributed by atoms with Crippen LogP contribution in [0.25, 0.3) is 10.9 Å². The van der Waals surface area contributed by atoms with Crippen molar-refractivity contribution in [1.29, 1.82) is 0 Å². The van der Waals surface area contributed by atoms with E-state index >= 15 is 0 Å². The average molecular weight is 402 g/mol. The van der Waals surface area contributed by atoms with Crippen LogP contribution in [-0.2, 0) is 22.2 Å². The second-order valence-corrected chi connectivity index (χ2v) is 6.28. The van der Waals surface area contributed by atoms with Crippen molar-refractivity contribution in [3.05, 3.63) is 23.5 Å². The van der Waals surface area contributed by atoms with Gasteiger partial charge in [-0.15, -0.1) is 0 Å². The molecule has 0 bridgehead atoms. The standard InChI is InChI=1S/C18H21F3N2O5/c1-3-5-11-13(27-9-4-6-14(24)22-10(2)17(25)26)8-7-12-15(11)23-28-16(12)18(19,20)21/h7-8,10H,3-6,9H2,1-2H3,(H,22,24)(H,25,26)/t10-/m0/s1. The van der Waals surface area contributed by atoms with E-state index in [1.807, 2.05) is 6.92 Å². The van der Waals surface area contributed by atoms with Crippen LogP contribution >= 0.6 is 0 Å². The van der Waals surface area contributed by atoms with Gasteiger partial charge >= 0.3 is 12.1 Å². The predicted molar refractivity (Wildman–Crippen MR) is 93.0 cm³/mol. The number of benzene rings is 1. The Morgan fingerprint density at radius 2 is 2.07 bits per heavy atom. The third-order valence-corrected chi connectivity index (χ3v) is 4.02. The van der Waals surface area contributed by atoms with Crippen LogP contribution in [-0.4, -0.2) is 34.8 Å². The Balaban J connectivity index is 2.05. The van der Waals surface area contributed by atoms with E-state index in [4.69, 9.17) is 9.84 Å². The molecule has 0 aliphatic rings. The number of aromatic nitrogens is 1. The molecule has 0 aliphatic carbocycles. The van der Waals surface area contributed by atoms with Crippen molar-refractivity contribution in [2.24, 2.45) is 0 Å². The van der Waals surface area contributed by atoms with Gasteiger partial charge in [-0.1, -0.05) is 18.5 Å². The van der Waals surface area contributed by atoms with Crippen LogP contribution in [0.3, 0.4) is 0 Å². The van der Waals surface area contributed by atoms with Gasteiger partial charge in [0, 0.05) is 12.0 Å². The maximum atomic E-state index is 13.0. The Bertz CT molecular complexity index is 848. The Morgan fingerprint density at radius 3 is 2.68 bits per heavy atom. The molecule has 1 aromatic heterocycles. The lowest BCUT2D eigenvalue weighted by molar-refractivity contribution is -0.154. The third kappa shape index (κ3) is 5.14. The van der Waals surface area contributed by atoms with E-state index in [9.17, 15) is 22.8 Å². The van der Waals surface area contributed by atoms with Gasteiger partial charge in [-0.25, -0.2) is 0 Å². The van der Waals surface area contributed by atoms with Crippen molar-refractivity contribution in [3.63, 3.8) is 0 Å². The lowest BCUT2D eigenvalue weighted by atomic mass is 10.0. The normalized spacial score (nSPS) is 12.8. The number of nitrogens with zero attached hydrogens (tertiary/aromatic N) is 1. The number of amides is 1. The number of aryl methyl sites for hydroxylation is 1. The number of carbonyl (C=O) groups excluding carboxylic acids is 1. The topological polar surface area (TPSA) is 102 Å². The summed E-state index contributed by atoms with van der Waals surface area (Å²) in [6.07, 6.45) is -3.15. The number of ether oxygens (including phenoxy) is 1. The summed E-state index contributed by atoms with van der Waals surface area (Å²) in [7, 11) is 0. The largest absolute Gasteiger partial charge is 0.493 e. The molecule has 0 saturated heterocycles. The molecule has 7 nitrogen and oxygen atoms in total. The molecule has 0 spiro atoms. The van der Waals surface area contributed by atoms with Gasteiger partial charge in [-0.2, -0.15) is 13.2 Å². The number of carboxylic acids is 1. The number of aliphatic carboxylic acids is 1. The molecule has 0 unspecified atom stereocenters. The molecule has 28 heavy (non-hydrogen) atoms. The van der Waals surface area contributed by atoms with E-state index in [-0.39, 0.29) is 23.9 Å². The zero-order chi connectivity index (χ0) is 20.9. The first-order chi connectivity index (χ1) is 13.1. The number of alkyl halides is 3. The Kier molecular flexibility index (Phi) is 6.87. The number of halogens is 3. The molecule has 1 aromatic carbocycles. The number of hydrogen-bond acceptors (Lipinski definition) is 5. The van der Waals surface area contributed by atoms with Crippen molar-refractivity contribution in [3.8, 4) is 5.75 Å². The summed E-state index contributed by atoms with van der Waals surface area (Å²) < 4.78 is 49.1. The minimum Gasteiger partial charge on any atom is -0.493 e. The van der Waals surface area contributed by atoms with Crippen LogP contribution < -0.4 is 10.1 Å². The molecular formula is C18H21F3N2O5. The third-order valence-electron chi connectivity index (χ3n) is 4.02. The predicted octanol–water partition coefficient (Wildman–Crippen LogP) is 3.55. The van der Waals surface area contributed by atoms with E-state index in [0.717, 1.165) is 0 Å². The van der Waals surface area contributed by atoms with Crippen LogP contribution in [0.5, 0.6) is 5.75 Å². The minimum atomic E-state index is -4.64. The van der Waals surface area contributed by atoms with Crippen molar-refractivity contribution >= 4 is 22.8 Å². The smallest absolute Gasteiger partial charge is 0.453 e. The fourth-order valence-electron chi connectivity index (χ4n) is 2.67. The van der Waals surface area contributed by atoms with Gasteiger partial charge in [-0.3, -0.25) is 9.59 Å². The number of carboxylic acid groups (broad SMARTS) is 1. The summed E-state index contributed by atoms with van der Waals surface area (Å²) in [5.74, 6) is -2.31. The van der Waals surface area contributed by atoms with Crippen molar-refractivity contribution < 1.29 is 37.1 Å². The van der Waals surface area contributed by atoms with E-state index < -0.39 is 29.9 Å². The molecule has 2 rings (SSSR count). The summed E-state index contributed by atoms with van der Waals surface area (Å²) in [5.41, 5.74) is 0.628. The van der Waals surface area contributed by atoms with Crippen LogP contribution in [0.4, 0.5) is 13.2 Å². The summed E-state index contributed by atoms with van der Waals surface area (Å²) in [6.45, 7) is 3.37.